The first kappa shape index (κ1) is 58.0. The highest BCUT2D eigenvalue weighted by molar-refractivity contribution is 7.47. The first-order chi connectivity index (χ1) is 28.5. The molecule has 6 N–H and O–H groups in total. The number of carbonyl (C=O) groups excluding carboxylic acids is 2. The van der Waals surface area contributed by atoms with Crippen molar-refractivity contribution in [2.24, 2.45) is 5.92 Å². The molecule has 0 radical (unpaired) electrons. The smallest absolute Gasteiger partial charge is 0.462 e. The van der Waals surface area contributed by atoms with Gasteiger partial charge in [-0.1, -0.05) is 140 Å². The number of aliphatic hydroxyl groups excluding tert-OH is 3. The van der Waals surface area contributed by atoms with E-state index in [1.54, 1.807) is 6.08 Å². The lowest BCUT2D eigenvalue weighted by Crippen LogP contribution is -2.30. The van der Waals surface area contributed by atoms with Gasteiger partial charge in [0.1, 0.15) is 12.7 Å². The Kier molecular flexibility index (Phi) is 36.3. The first-order valence-electron chi connectivity index (χ1n) is 21.9. The van der Waals surface area contributed by atoms with Crippen LogP contribution in [0.1, 0.15) is 156 Å². The topological polar surface area (TPSA) is 236 Å². The van der Waals surface area contributed by atoms with Gasteiger partial charge in [0.25, 0.3) is 0 Å². The Morgan fingerprint density at radius 3 is 1.58 bits per heavy atom. The number of ether oxygens (including phenoxy) is 2. The number of unbranched alkanes of at least 4 members (excludes halogenated alkanes) is 10. The van der Waals surface area contributed by atoms with Crippen LogP contribution in [-0.4, -0.2) is 92.8 Å². The number of esters is 2. The van der Waals surface area contributed by atoms with Gasteiger partial charge in [0.05, 0.1) is 32.0 Å². The number of hydrogen-bond acceptors (Lipinski definition) is 12. The average molecular weight is 897 g/mol. The summed E-state index contributed by atoms with van der Waals surface area (Å²) in [4.78, 5) is 52.7. The molecule has 0 heterocycles. The molecule has 0 aliphatic heterocycles. The fourth-order valence-corrected chi connectivity index (χ4v) is 6.83. The van der Waals surface area contributed by atoms with E-state index >= 15 is 0 Å². The third kappa shape index (κ3) is 40.1. The zero-order valence-electron chi connectivity index (χ0n) is 36.4. The molecular formula is C43H78O15P2. The maximum Gasteiger partial charge on any atom is 0.472 e. The quantitative estimate of drug-likeness (QED) is 0.0146. The van der Waals surface area contributed by atoms with Crippen LogP contribution < -0.4 is 0 Å². The van der Waals surface area contributed by atoms with Gasteiger partial charge in [-0.05, 0) is 57.3 Å². The number of phosphoric acid groups is 2. The van der Waals surface area contributed by atoms with Crippen molar-refractivity contribution in [1.82, 2.24) is 0 Å². The number of aliphatic hydroxyl groups is 3. The van der Waals surface area contributed by atoms with Gasteiger partial charge in [-0.15, -0.1) is 0 Å². The molecule has 15 nitrogen and oxygen atoms in total. The van der Waals surface area contributed by atoms with Gasteiger partial charge < -0.3 is 39.5 Å². The number of hydrogen-bond donors (Lipinski definition) is 6. The maximum atomic E-state index is 12.7. The lowest BCUT2D eigenvalue weighted by atomic mass is 10.0. The molecule has 0 bridgehead atoms. The lowest BCUT2D eigenvalue weighted by molar-refractivity contribution is -0.161. The predicted molar refractivity (Wildman–Crippen MR) is 233 cm³/mol. The van der Waals surface area contributed by atoms with Crippen LogP contribution in [-0.2, 0) is 41.8 Å². The number of allylic oxidation sites excluding steroid dienone is 7. The summed E-state index contributed by atoms with van der Waals surface area (Å²) < 4.78 is 47.6. The zero-order valence-corrected chi connectivity index (χ0v) is 38.2. The van der Waals surface area contributed by atoms with E-state index in [1.807, 2.05) is 12.2 Å². The Morgan fingerprint density at radius 1 is 0.550 bits per heavy atom. The second-order valence-electron chi connectivity index (χ2n) is 15.4. The Bertz CT molecular complexity index is 1300. The largest absolute Gasteiger partial charge is 0.472 e. The summed E-state index contributed by atoms with van der Waals surface area (Å²) in [5.74, 6) is -0.555. The van der Waals surface area contributed by atoms with Crippen molar-refractivity contribution < 1.29 is 71.8 Å². The van der Waals surface area contributed by atoms with E-state index < -0.39 is 78.4 Å². The van der Waals surface area contributed by atoms with E-state index in [4.69, 9.17) is 23.8 Å². The normalized spacial score (nSPS) is 15.6. The van der Waals surface area contributed by atoms with Crippen LogP contribution in [0.4, 0.5) is 0 Å². The summed E-state index contributed by atoms with van der Waals surface area (Å²) in [6, 6.07) is 0. The van der Waals surface area contributed by atoms with Gasteiger partial charge in [0.15, 0.2) is 6.10 Å². The van der Waals surface area contributed by atoms with Crippen LogP contribution in [0.5, 0.6) is 0 Å². The Balaban J connectivity index is 4.75. The van der Waals surface area contributed by atoms with Gasteiger partial charge in [-0.2, -0.15) is 0 Å². The highest BCUT2D eigenvalue weighted by Crippen LogP contribution is 2.43. The molecule has 0 aliphatic rings. The standard InChI is InChI=1S/C43H78O15P2/c1-4-5-6-7-8-9-10-13-16-19-22-25-29-40(45)41(46)30-27-32-42(47)54-35-39(36-57-60(52,53)56-34-38(44)33-55-59(49,50)51)58-43(48)31-26-23-20-17-14-11-12-15-18-21-24-28-37(2)3/h5-6,8-9,13,16,22,25,37-41,44-46H,4,7,10-12,14-15,17-21,23-24,26-36H2,1-3H3,(H,52,53)(H2,49,50,51)/b6-5-,9-8-,16-13-,25-22-/t38-,39+,40-,41-/m0/s1. The number of rotatable bonds is 40. The third-order valence-corrected chi connectivity index (χ3v) is 10.5. The van der Waals surface area contributed by atoms with Crippen molar-refractivity contribution in [3.63, 3.8) is 0 Å². The fourth-order valence-electron chi connectivity index (χ4n) is 5.68. The highest BCUT2D eigenvalue weighted by atomic mass is 31.2. The minimum absolute atomic E-state index is 0.0704. The van der Waals surface area contributed by atoms with E-state index in [2.05, 4.69) is 60.2 Å². The SMILES string of the molecule is CC/C=C\C/C=C\C/C=C\C/C=C\C[C@H](O)[C@@H](O)CCCC(=O)OC[C@H](COP(=O)(O)OC[C@@H](O)COP(=O)(O)O)OC(=O)CCCCCCCCCCCCCC(C)C. The highest BCUT2D eigenvalue weighted by Gasteiger charge is 2.28. The van der Waals surface area contributed by atoms with Crippen LogP contribution in [0.2, 0.25) is 0 Å². The lowest BCUT2D eigenvalue weighted by Gasteiger charge is -2.20. The Morgan fingerprint density at radius 2 is 1.03 bits per heavy atom. The molecule has 350 valence electrons. The van der Waals surface area contributed by atoms with Crippen LogP contribution in [0.15, 0.2) is 48.6 Å². The average Bonchev–Trinajstić information content (AvgIpc) is 3.19. The molecule has 0 amide bonds. The van der Waals surface area contributed by atoms with Crippen molar-refractivity contribution in [1.29, 1.82) is 0 Å². The van der Waals surface area contributed by atoms with Crippen LogP contribution in [0.25, 0.3) is 0 Å². The third-order valence-electron chi connectivity index (χ3n) is 9.10. The van der Waals surface area contributed by atoms with E-state index in [-0.39, 0.29) is 32.1 Å². The monoisotopic (exact) mass is 896 g/mol. The Labute approximate surface area is 359 Å². The Hall–Kier alpha value is -2.00. The number of carbonyl (C=O) groups is 2. The van der Waals surface area contributed by atoms with E-state index in [9.17, 15) is 38.9 Å². The summed E-state index contributed by atoms with van der Waals surface area (Å²) in [6.07, 6.45) is 28.6. The van der Waals surface area contributed by atoms with Crippen LogP contribution >= 0.6 is 15.6 Å². The molecule has 0 spiro atoms. The summed E-state index contributed by atoms with van der Waals surface area (Å²) in [6.45, 7) is 3.60. The van der Waals surface area contributed by atoms with Crippen molar-refractivity contribution in [3.8, 4) is 0 Å². The fraction of sp³-hybridized carbons (Fsp3) is 0.767. The maximum absolute atomic E-state index is 12.7. The second kappa shape index (κ2) is 37.5. The first-order valence-corrected chi connectivity index (χ1v) is 24.9. The summed E-state index contributed by atoms with van der Waals surface area (Å²) in [5.41, 5.74) is 0. The summed E-state index contributed by atoms with van der Waals surface area (Å²) in [5, 5.41) is 30.4. The molecule has 0 saturated carbocycles. The molecule has 0 rings (SSSR count). The predicted octanol–water partition coefficient (Wildman–Crippen LogP) is 8.86. The molecule has 17 heteroatoms. The molecule has 0 fully saturated rings. The minimum atomic E-state index is -4.89. The molecule has 0 saturated heterocycles. The molecule has 0 aromatic carbocycles. The van der Waals surface area contributed by atoms with E-state index in [0.717, 1.165) is 50.9 Å². The second-order valence-corrected chi connectivity index (χ2v) is 18.1. The van der Waals surface area contributed by atoms with Gasteiger partial charge >= 0.3 is 27.6 Å². The molecule has 60 heavy (non-hydrogen) atoms. The van der Waals surface area contributed by atoms with Gasteiger partial charge in [0, 0.05) is 12.8 Å². The zero-order chi connectivity index (χ0) is 44.9. The molecule has 0 aromatic rings. The summed E-state index contributed by atoms with van der Waals surface area (Å²) >= 11 is 0. The van der Waals surface area contributed by atoms with Crippen molar-refractivity contribution in [2.45, 2.75) is 180 Å². The summed E-state index contributed by atoms with van der Waals surface area (Å²) in [7, 11) is -9.77. The van der Waals surface area contributed by atoms with Gasteiger partial charge in [0.2, 0.25) is 0 Å². The van der Waals surface area contributed by atoms with Crippen LogP contribution in [0, 0.1) is 5.92 Å². The molecule has 5 atom stereocenters. The van der Waals surface area contributed by atoms with Gasteiger partial charge in [-0.3, -0.25) is 23.2 Å². The van der Waals surface area contributed by atoms with Crippen molar-refractivity contribution in [3.05, 3.63) is 48.6 Å². The molecular weight excluding hydrogens is 818 g/mol. The van der Waals surface area contributed by atoms with Crippen molar-refractivity contribution >= 4 is 27.6 Å². The van der Waals surface area contributed by atoms with Gasteiger partial charge in [-0.25, -0.2) is 9.13 Å². The molecule has 1 unspecified atom stereocenters. The number of phosphoric ester groups is 2. The van der Waals surface area contributed by atoms with E-state index in [0.29, 0.717) is 12.8 Å². The van der Waals surface area contributed by atoms with Crippen LogP contribution in [0.3, 0.4) is 0 Å². The molecule has 0 aromatic heterocycles. The minimum Gasteiger partial charge on any atom is -0.462 e. The van der Waals surface area contributed by atoms with E-state index in [1.165, 1.54) is 44.9 Å². The van der Waals surface area contributed by atoms with Crippen molar-refractivity contribution in [2.75, 3.05) is 26.4 Å². The molecule has 0 aliphatic carbocycles.